The second-order valence-electron chi connectivity index (χ2n) is 12.8. The highest BCUT2D eigenvalue weighted by molar-refractivity contribution is 9.10. The smallest absolute Gasteiger partial charge is 0.375 e. The molecule has 214 valence electrons. The fourth-order valence-electron chi connectivity index (χ4n) is 9.15. The number of ether oxygens (including phenoxy) is 1. The zero-order chi connectivity index (χ0) is 28.7. The van der Waals surface area contributed by atoms with Crippen LogP contribution < -0.4 is 0 Å². The number of fused-ring (bicyclic) bond motifs is 6. The van der Waals surface area contributed by atoms with Gasteiger partial charge in [0.15, 0.2) is 5.60 Å². The van der Waals surface area contributed by atoms with E-state index in [0.29, 0.717) is 12.8 Å². The summed E-state index contributed by atoms with van der Waals surface area (Å²) in [6, 6.07) is 11.3. The van der Waals surface area contributed by atoms with Gasteiger partial charge in [0.05, 0.1) is 29.9 Å². The summed E-state index contributed by atoms with van der Waals surface area (Å²) in [5, 5.41) is 16.3. The summed E-state index contributed by atoms with van der Waals surface area (Å²) in [6.45, 7) is 4.31. The van der Waals surface area contributed by atoms with Gasteiger partial charge < -0.3 is 14.3 Å². The Bertz CT molecular complexity index is 1580. The van der Waals surface area contributed by atoms with E-state index in [0.717, 1.165) is 41.5 Å². The first-order valence-electron chi connectivity index (χ1n) is 14.3. The normalized spacial score (nSPS) is 35.5. The van der Waals surface area contributed by atoms with Crippen LogP contribution in [-0.4, -0.2) is 37.7 Å². The monoisotopic (exact) mass is 636 g/mol. The molecule has 3 aromatic rings. The van der Waals surface area contributed by atoms with Crippen LogP contribution in [0.1, 0.15) is 67.8 Å². The Morgan fingerprint density at radius 2 is 2.05 bits per heavy atom. The highest BCUT2D eigenvalue weighted by Crippen LogP contribution is 2.68. The molecule has 2 aromatic heterocycles. The first kappa shape index (κ1) is 27.2. The number of rotatable bonds is 4. The van der Waals surface area contributed by atoms with Gasteiger partial charge in [-0.2, -0.15) is 5.10 Å². The molecular formula is C32H33BrN2O5S. The van der Waals surface area contributed by atoms with Gasteiger partial charge in [0.25, 0.3) is 0 Å². The fraction of sp³-hybridized carbons (Fsp3) is 0.469. The van der Waals surface area contributed by atoms with Crippen molar-refractivity contribution in [2.45, 2.75) is 64.1 Å². The second-order valence-corrected chi connectivity index (χ2v) is 14.1. The van der Waals surface area contributed by atoms with E-state index < -0.39 is 28.2 Å². The summed E-state index contributed by atoms with van der Waals surface area (Å²) in [4.78, 5) is 26.3. The molecule has 4 aliphatic rings. The second kappa shape index (κ2) is 9.44. The van der Waals surface area contributed by atoms with Gasteiger partial charge in [-0.05, 0) is 104 Å². The molecule has 3 fully saturated rings. The summed E-state index contributed by atoms with van der Waals surface area (Å²) in [7, 11) is 0. The third-order valence-corrected chi connectivity index (χ3v) is 11.8. The van der Waals surface area contributed by atoms with Crippen molar-refractivity contribution in [1.82, 2.24) is 9.78 Å². The topological polar surface area (TPSA) is 94.6 Å². The lowest BCUT2D eigenvalue weighted by Gasteiger charge is -2.60. The number of aromatic nitrogens is 2. The first-order valence-corrected chi connectivity index (χ1v) is 15.5. The zero-order valence-corrected chi connectivity index (χ0v) is 25.5. The molecule has 41 heavy (non-hydrogen) atoms. The standard InChI is InChI=1S/C32H33BrN2O5S/c1-30-15-18-17-34-35(21-6-3-5-20(33)14-21)24(18)13-19(30)8-9-22-23-10-11-32(29(38)41,31(23,2)16-25(36)27(22)30)40-28(37)26-7-4-12-39-26/h3-7,12-14,17,22-23,25,27,36H,8-11,15-16H2,1-2H3,(H,38,41)/t22-,23-,25-,27+,30-,31-,32-/m0/s1. The molecular weight excluding hydrogens is 604 g/mol. The number of benzene rings is 1. The Labute approximate surface area is 252 Å². The predicted molar refractivity (Wildman–Crippen MR) is 160 cm³/mol. The largest absolute Gasteiger partial charge is 0.457 e. The quantitative estimate of drug-likeness (QED) is 0.253. The molecule has 0 unspecified atom stereocenters. The van der Waals surface area contributed by atoms with Crippen molar-refractivity contribution in [3.05, 3.63) is 75.9 Å². The van der Waals surface area contributed by atoms with Gasteiger partial charge >= 0.3 is 5.97 Å². The van der Waals surface area contributed by atoms with Gasteiger partial charge in [-0.3, -0.25) is 4.79 Å². The molecule has 0 spiro atoms. The molecule has 4 aliphatic carbocycles. The molecule has 7 atom stereocenters. The van der Waals surface area contributed by atoms with Gasteiger partial charge in [0.2, 0.25) is 10.9 Å². The number of esters is 1. The van der Waals surface area contributed by atoms with E-state index in [1.165, 1.54) is 23.5 Å². The Kier molecular flexibility index (Phi) is 6.27. The summed E-state index contributed by atoms with van der Waals surface area (Å²) in [5.41, 5.74) is 2.25. The number of nitrogens with zero attached hydrogens (tertiary/aromatic N) is 2. The number of hydrogen-bond acceptors (Lipinski definition) is 6. The number of furan rings is 1. The van der Waals surface area contributed by atoms with Gasteiger partial charge in [-0.15, -0.1) is 12.6 Å². The van der Waals surface area contributed by atoms with Crippen LogP contribution in [0.4, 0.5) is 0 Å². The minimum atomic E-state index is -1.42. The number of aliphatic hydroxyl groups is 1. The third-order valence-electron chi connectivity index (χ3n) is 10.9. The van der Waals surface area contributed by atoms with E-state index in [9.17, 15) is 14.7 Å². The van der Waals surface area contributed by atoms with Crippen LogP contribution in [-0.2, 0) is 16.0 Å². The van der Waals surface area contributed by atoms with Crippen LogP contribution in [0.5, 0.6) is 0 Å². The van der Waals surface area contributed by atoms with E-state index in [2.05, 4.69) is 53.7 Å². The minimum Gasteiger partial charge on any atom is -0.457 e. The van der Waals surface area contributed by atoms with Crippen molar-refractivity contribution in [2.24, 2.45) is 28.6 Å². The number of allylic oxidation sites excluding steroid dienone is 1. The van der Waals surface area contributed by atoms with Crippen molar-refractivity contribution in [1.29, 1.82) is 0 Å². The van der Waals surface area contributed by atoms with Crippen LogP contribution in [0.25, 0.3) is 11.8 Å². The molecule has 7 rings (SSSR count). The first-order chi connectivity index (χ1) is 19.6. The van der Waals surface area contributed by atoms with Crippen molar-refractivity contribution >= 4 is 45.7 Å². The summed E-state index contributed by atoms with van der Waals surface area (Å²) >= 11 is 7.86. The molecule has 1 N–H and O–H groups in total. The SMILES string of the molecule is C[C@]12Cc3cnn(-c4cccc(Br)c4)c3C=C1CC[C@@H]1[C@@H]2[C@@H](O)C[C@@]2(C)[C@H]1CC[C@]2(OC(=O)c1ccco1)C(=O)S. The van der Waals surface area contributed by atoms with Gasteiger partial charge in [0, 0.05) is 9.89 Å². The number of hydrogen-bond donors (Lipinski definition) is 2. The number of halogens is 1. The summed E-state index contributed by atoms with van der Waals surface area (Å²) < 4.78 is 14.3. The van der Waals surface area contributed by atoms with Crippen molar-refractivity contribution < 1.29 is 23.8 Å². The maximum Gasteiger partial charge on any atom is 0.375 e. The van der Waals surface area contributed by atoms with E-state index in [4.69, 9.17) is 14.3 Å². The fourth-order valence-corrected chi connectivity index (χ4v) is 9.95. The highest BCUT2D eigenvalue weighted by Gasteiger charge is 2.70. The predicted octanol–water partition coefficient (Wildman–Crippen LogP) is 6.43. The molecule has 7 nitrogen and oxygen atoms in total. The number of thiol groups is 1. The summed E-state index contributed by atoms with van der Waals surface area (Å²) in [6.07, 6.45) is 9.12. The Morgan fingerprint density at radius 3 is 2.78 bits per heavy atom. The number of carbonyl (C=O) groups is 2. The summed E-state index contributed by atoms with van der Waals surface area (Å²) in [5.74, 6) is -0.292. The van der Waals surface area contributed by atoms with Gasteiger partial charge in [-0.25, -0.2) is 9.48 Å². The molecule has 3 saturated carbocycles. The lowest BCUT2D eigenvalue weighted by molar-refractivity contribution is -0.174. The average molecular weight is 638 g/mol. The highest BCUT2D eigenvalue weighted by atomic mass is 79.9. The third kappa shape index (κ3) is 3.84. The molecule has 2 heterocycles. The van der Waals surface area contributed by atoms with Gasteiger partial charge in [0.1, 0.15) is 0 Å². The van der Waals surface area contributed by atoms with E-state index in [1.54, 1.807) is 6.07 Å². The average Bonchev–Trinajstić information content (AvgIpc) is 3.65. The Morgan fingerprint density at radius 1 is 1.22 bits per heavy atom. The maximum absolute atomic E-state index is 13.2. The van der Waals surface area contributed by atoms with Crippen molar-refractivity contribution in [3.63, 3.8) is 0 Å². The lowest BCUT2D eigenvalue weighted by atomic mass is 9.45. The Hall–Kier alpha value is -2.62. The molecule has 0 aliphatic heterocycles. The van der Waals surface area contributed by atoms with Crippen LogP contribution in [0.3, 0.4) is 0 Å². The minimum absolute atomic E-state index is 0.0227. The lowest BCUT2D eigenvalue weighted by Crippen LogP contribution is -2.62. The van der Waals surface area contributed by atoms with Crippen molar-refractivity contribution in [2.75, 3.05) is 0 Å². The van der Waals surface area contributed by atoms with Crippen LogP contribution in [0.2, 0.25) is 0 Å². The van der Waals surface area contributed by atoms with Crippen molar-refractivity contribution in [3.8, 4) is 5.69 Å². The van der Waals surface area contributed by atoms with Crippen LogP contribution >= 0.6 is 28.6 Å². The Balaban J connectivity index is 1.23. The molecule has 9 heteroatoms. The molecule has 0 bridgehead atoms. The number of carbonyl (C=O) groups excluding carboxylic acids is 2. The zero-order valence-electron chi connectivity index (χ0n) is 23.0. The van der Waals surface area contributed by atoms with E-state index in [1.807, 2.05) is 29.9 Å². The molecule has 0 amide bonds. The number of aliphatic hydroxyl groups excluding tert-OH is 1. The van der Waals surface area contributed by atoms with Crippen LogP contribution in [0.15, 0.2) is 63.3 Å². The van der Waals surface area contributed by atoms with E-state index >= 15 is 0 Å². The van der Waals surface area contributed by atoms with E-state index in [-0.39, 0.29) is 28.9 Å². The van der Waals surface area contributed by atoms with Crippen LogP contribution in [0, 0.1) is 28.6 Å². The van der Waals surface area contributed by atoms with Gasteiger partial charge in [-0.1, -0.05) is 41.4 Å². The molecule has 1 aromatic carbocycles. The molecule has 0 saturated heterocycles. The molecule has 0 radical (unpaired) electrons. The maximum atomic E-state index is 13.2.